The summed E-state index contributed by atoms with van der Waals surface area (Å²) < 4.78 is 47.8. The number of ether oxygens (including phenoxy) is 1. The Balaban J connectivity index is 1.40. The first-order valence-electron chi connectivity index (χ1n) is 9.48. The lowest BCUT2D eigenvalue weighted by atomic mass is 10.1. The summed E-state index contributed by atoms with van der Waals surface area (Å²) in [6.45, 7) is 0.375. The fraction of sp³-hybridized carbons (Fsp3) is 0.0870. The first-order chi connectivity index (χ1) is 15.4. The van der Waals surface area contributed by atoms with Gasteiger partial charge in [0.05, 0.1) is 0 Å². The number of alkyl halides is 3. The molecule has 6 nitrogen and oxygen atoms in total. The Morgan fingerprint density at radius 3 is 2.41 bits per heavy atom. The molecular weight excluding hydrogens is 423 g/mol. The molecule has 1 aromatic heterocycles. The van der Waals surface area contributed by atoms with Gasteiger partial charge in [0, 0.05) is 16.8 Å². The number of nitrogens with zero attached hydrogens (tertiary/aromatic N) is 2. The van der Waals surface area contributed by atoms with E-state index >= 15 is 0 Å². The summed E-state index contributed by atoms with van der Waals surface area (Å²) in [6.07, 6.45) is -4.71. The number of aromatic nitrogens is 2. The van der Waals surface area contributed by atoms with Crippen LogP contribution < -0.4 is 10.1 Å². The van der Waals surface area contributed by atoms with Crippen LogP contribution in [-0.4, -0.2) is 16.0 Å². The molecule has 0 aliphatic rings. The van der Waals surface area contributed by atoms with Crippen molar-refractivity contribution in [3.05, 3.63) is 95.9 Å². The van der Waals surface area contributed by atoms with Gasteiger partial charge in [0.2, 0.25) is 5.82 Å². The van der Waals surface area contributed by atoms with Crippen LogP contribution in [0.15, 0.2) is 83.4 Å². The molecule has 0 unspecified atom stereocenters. The second-order valence-corrected chi connectivity index (χ2v) is 6.75. The lowest BCUT2D eigenvalue weighted by Gasteiger charge is -2.09. The zero-order valence-electron chi connectivity index (χ0n) is 16.5. The summed E-state index contributed by atoms with van der Waals surface area (Å²) >= 11 is 0. The van der Waals surface area contributed by atoms with Crippen LogP contribution in [0.2, 0.25) is 0 Å². The second-order valence-electron chi connectivity index (χ2n) is 6.75. The summed E-state index contributed by atoms with van der Waals surface area (Å²) in [7, 11) is 0. The SMILES string of the molecule is O=C(Nc1ccc(-c2noc(C(F)(F)F)n2)cc1)c1cccc(OCc2ccccc2)c1. The molecule has 0 bridgehead atoms. The number of carbonyl (C=O) groups is 1. The summed E-state index contributed by atoms with van der Waals surface area (Å²) in [6, 6.07) is 22.4. The molecule has 0 saturated carbocycles. The van der Waals surface area contributed by atoms with E-state index in [1.54, 1.807) is 24.3 Å². The third-order valence-electron chi connectivity index (χ3n) is 4.41. The molecule has 4 aromatic rings. The molecule has 0 spiro atoms. The molecule has 3 aromatic carbocycles. The van der Waals surface area contributed by atoms with Gasteiger partial charge in [-0.1, -0.05) is 41.6 Å². The van der Waals surface area contributed by atoms with Crippen molar-refractivity contribution in [2.45, 2.75) is 12.8 Å². The first kappa shape index (κ1) is 21.1. The number of carbonyl (C=O) groups excluding carboxylic acids is 1. The third-order valence-corrected chi connectivity index (χ3v) is 4.41. The van der Waals surface area contributed by atoms with Gasteiger partial charge in [0.15, 0.2) is 0 Å². The highest BCUT2D eigenvalue weighted by atomic mass is 19.4. The number of hydrogen-bond donors (Lipinski definition) is 1. The van der Waals surface area contributed by atoms with E-state index < -0.39 is 12.1 Å². The van der Waals surface area contributed by atoms with Crippen LogP contribution >= 0.6 is 0 Å². The van der Waals surface area contributed by atoms with Crippen molar-refractivity contribution in [2.75, 3.05) is 5.32 Å². The maximum absolute atomic E-state index is 12.6. The Hall–Kier alpha value is -4.14. The predicted octanol–water partition coefficient (Wildman–Crippen LogP) is 5.59. The van der Waals surface area contributed by atoms with Crippen molar-refractivity contribution in [3.63, 3.8) is 0 Å². The molecule has 0 aliphatic carbocycles. The lowest BCUT2D eigenvalue weighted by molar-refractivity contribution is -0.159. The Kier molecular flexibility index (Phi) is 5.89. The van der Waals surface area contributed by atoms with E-state index in [2.05, 4.69) is 20.0 Å². The Labute approximate surface area is 180 Å². The van der Waals surface area contributed by atoms with E-state index in [1.807, 2.05) is 30.3 Å². The maximum atomic E-state index is 12.6. The van der Waals surface area contributed by atoms with E-state index in [4.69, 9.17) is 4.74 Å². The maximum Gasteiger partial charge on any atom is 0.471 e. The van der Waals surface area contributed by atoms with Gasteiger partial charge in [-0.25, -0.2) is 0 Å². The fourth-order valence-corrected chi connectivity index (χ4v) is 2.83. The van der Waals surface area contributed by atoms with Crippen molar-refractivity contribution >= 4 is 11.6 Å². The lowest BCUT2D eigenvalue weighted by Crippen LogP contribution is -2.12. The number of amides is 1. The van der Waals surface area contributed by atoms with Crippen LogP contribution in [0.1, 0.15) is 21.8 Å². The minimum absolute atomic E-state index is 0.196. The molecule has 0 fully saturated rings. The number of hydrogen-bond acceptors (Lipinski definition) is 5. The third kappa shape index (κ3) is 5.12. The molecule has 162 valence electrons. The van der Waals surface area contributed by atoms with Crippen LogP contribution in [0.4, 0.5) is 18.9 Å². The van der Waals surface area contributed by atoms with Crippen molar-refractivity contribution in [2.24, 2.45) is 0 Å². The summed E-state index contributed by atoms with van der Waals surface area (Å²) in [5.74, 6) is -1.42. The highest BCUT2D eigenvalue weighted by Gasteiger charge is 2.38. The summed E-state index contributed by atoms with van der Waals surface area (Å²) in [5, 5.41) is 6.06. The van der Waals surface area contributed by atoms with Gasteiger partial charge >= 0.3 is 12.1 Å². The molecule has 4 rings (SSSR count). The Morgan fingerprint density at radius 2 is 1.72 bits per heavy atom. The zero-order valence-corrected chi connectivity index (χ0v) is 16.5. The van der Waals surface area contributed by atoms with Gasteiger partial charge in [0.1, 0.15) is 12.4 Å². The average Bonchev–Trinajstić information content (AvgIpc) is 3.30. The van der Waals surface area contributed by atoms with Gasteiger partial charge in [-0.2, -0.15) is 18.2 Å². The van der Waals surface area contributed by atoms with Crippen LogP contribution in [0, 0.1) is 0 Å². The van der Waals surface area contributed by atoms with E-state index in [1.165, 1.54) is 24.3 Å². The highest BCUT2D eigenvalue weighted by Crippen LogP contribution is 2.29. The number of nitrogens with one attached hydrogen (secondary N) is 1. The minimum atomic E-state index is -4.71. The van der Waals surface area contributed by atoms with Gasteiger partial charge in [-0.15, -0.1) is 0 Å². The van der Waals surface area contributed by atoms with Crippen molar-refractivity contribution < 1.29 is 27.2 Å². The van der Waals surface area contributed by atoms with Gasteiger partial charge in [-0.3, -0.25) is 4.79 Å². The predicted molar refractivity (Wildman–Crippen MR) is 110 cm³/mol. The normalized spacial score (nSPS) is 11.2. The molecule has 1 heterocycles. The van der Waals surface area contributed by atoms with Gasteiger partial charge in [-0.05, 0) is 48.0 Å². The average molecular weight is 439 g/mol. The quantitative estimate of drug-likeness (QED) is 0.424. The molecule has 0 radical (unpaired) electrons. The second kappa shape index (κ2) is 8.93. The monoisotopic (exact) mass is 439 g/mol. The number of benzene rings is 3. The van der Waals surface area contributed by atoms with Crippen LogP contribution in [0.25, 0.3) is 11.4 Å². The van der Waals surface area contributed by atoms with Crippen molar-refractivity contribution in [3.8, 4) is 17.1 Å². The zero-order chi connectivity index (χ0) is 22.6. The van der Waals surface area contributed by atoms with Crippen LogP contribution in [-0.2, 0) is 12.8 Å². The fourth-order valence-electron chi connectivity index (χ4n) is 2.83. The Bertz CT molecular complexity index is 1210. The standard InChI is InChI=1S/C23H16F3N3O3/c24-23(25,26)22-28-20(29-32-22)16-9-11-18(12-10-16)27-21(30)17-7-4-8-19(13-17)31-14-15-5-2-1-3-6-15/h1-13H,14H2,(H,27,30). The molecule has 0 aliphatic heterocycles. The molecule has 0 saturated heterocycles. The van der Waals surface area contributed by atoms with Gasteiger partial charge in [0.25, 0.3) is 5.91 Å². The van der Waals surface area contributed by atoms with E-state index in [0.717, 1.165) is 5.56 Å². The molecule has 1 amide bonds. The largest absolute Gasteiger partial charge is 0.489 e. The summed E-state index contributed by atoms with van der Waals surface area (Å²) in [4.78, 5) is 15.9. The summed E-state index contributed by atoms with van der Waals surface area (Å²) in [5.41, 5.74) is 2.17. The number of rotatable bonds is 6. The van der Waals surface area contributed by atoms with Crippen molar-refractivity contribution in [1.82, 2.24) is 10.1 Å². The molecule has 1 N–H and O–H groups in total. The van der Waals surface area contributed by atoms with Crippen LogP contribution in [0.5, 0.6) is 5.75 Å². The minimum Gasteiger partial charge on any atom is -0.489 e. The molecular formula is C23H16F3N3O3. The van der Waals surface area contributed by atoms with Crippen molar-refractivity contribution in [1.29, 1.82) is 0 Å². The van der Waals surface area contributed by atoms with E-state index in [-0.39, 0.29) is 11.7 Å². The molecule has 0 atom stereocenters. The van der Waals surface area contributed by atoms with Crippen LogP contribution in [0.3, 0.4) is 0 Å². The van der Waals surface area contributed by atoms with E-state index in [9.17, 15) is 18.0 Å². The van der Waals surface area contributed by atoms with E-state index in [0.29, 0.717) is 29.2 Å². The van der Waals surface area contributed by atoms with Gasteiger partial charge < -0.3 is 14.6 Å². The molecule has 9 heteroatoms. The smallest absolute Gasteiger partial charge is 0.471 e. The Morgan fingerprint density at radius 1 is 0.969 bits per heavy atom. The number of anilines is 1. The molecule has 32 heavy (non-hydrogen) atoms. The highest BCUT2D eigenvalue weighted by molar-refractivity contribution is 6.04. The topological polar surface area (TPSA) is 77.3 Å². The number of halogens is 3. The first-order valence-corrected chi connectivity index (χ1v) is 9.48.